The molecule has 0 atom stereocenters. The summed E-state index contributed by atoms with van der Waals surface area (Å²) >= 11 is 5.89. The van der Waals surface area contributed by atoms with Gasteiger partial charge in [-0.25, -0.2) is 8.42 Å². The maximum atomic E-state index is 13.3. The number of nitrogens with zero attached hydrogens (tertiary/aromatic N) is 2. The molecule has 1 amide bonds. The molecule has 1 aliphatic heterocycles. The molecule has 7 heteroatoms. The smallest absolute Gasteiger partial charge is 0.264 e. The number of carbonyl (C=O) groups excluding carboxylic acids is 1. The van der Waals surface area contributed by atoms with E-state index in [1.54, 1.807) is 17.0 Å². The molecule has 0 saturated carbocycles. The highest BCUT2D eigenvalue weighted by Gasteiger charge is 2.29. The van der Waals surface area contributed by atoms with Gasteiger partial charge in [-0.2, -0.15) is 0 Å². The van der Waals surface area contributed by atoms with Gasteiger partial charge in [-0.3, -0.25) is 9.10 Å². The molecule has 2 aromatic rings. The summed E-state index contributed by atoms with van der Waals surface area (Å²) in [6.07, 6.45) is 3.02. The summed E-state index contributed by atoms with van der Waals surface area (Å²) in [6.45, 7) is 3.08. The van der Waals surface area contributed by atoms with Crippen LogP contribution in [0.5, 0.6) is 0 Å². The maximum absolute atomic E-state index is 13.3. The van der Waals surface area contributed by atoms with E-state index in [1.165, 1.54) is 28.6 Å². The second-order valence-electron chi connectivity index (χ2n) is 6.74. The van der Waals surface area contributed by atoms with Gasteiger partial charge in [-0.1, -0.05) is 29.3 Å². The van der Waals surface area contributed by atoms with Gasteiger partial charge < -0.3 is 4.90 Å². The zero-order valence-electron chi connectivity index (χ0n) is 15.3. The van der Waals surface area contributed by atoms with E-state index in [1.807, 2.05) is 19.1 Å². The molecular formula is C20H23ClN2O3S. The average molecular weight is 407 g/mol. The Morgan fingerprint density at radius 1 is 1.00 bits per heavy atom. The average Bonchev–Trinajstić information content (AvgIpc) is 2.68. The second kappa shape index (κ2) is 8.31. The van der Waals surface area contributed by atoms with E-state index in [4.69, 9.17) is 11.6 Å². The van der Waals surface area contributed by atoms with Gasteiger partial charge in [-0.15, -0.1) is 0 Å². The van der Waals surface area contributed by atoms with Crippen molar-refractivity contribution in [1.82, 2.24) is 4.90 Å². The summed E-state index contributed by atoms with van der Waals surface area (Å²) in [5, 5.41) is 0.459. The number of anilines is 1. The predicted octanol–water partition coefficient (Wildman–Crippen LogP) is 3.86. The van der Waals surface area contributed by atoms with Crippen molar-refractivity contribution in [3.8, 4) is 0 Å². The summed E-state index contributed by atoms with van der Waals surface area (Å²) in [4.78, 5) is 14.6. The molecule has 1 heterocycles. The van der Waals surface area contributed by atoms with Crippen molar-refractivity contribution in [2.24, 2.45) is 0 Å². The Hall–Kier alpha value is -2.05. The number of hydrogen-bond acceptors (Lipinski definition) is 3. The lowest BCUT2D eigenvalue weighted by atomic mass is 10.1. The van der Waals surface area contributed by atoms with E-state index in [0.29, 0.717) is 23.8 Å². The van der Waals surface area contributed by atoms with Gasteiger partial charge in [0.05, 0.1) is 10.6 Å². The fourth-order valence-corrected chi connectivity index (χ4v) is 4.67. The number of sulfonamides is 1. The minimum atomic E-state index is -3.89. The molecule has 2 aromatic carbocycles. The van der Waals surface area contributed by atoms with Crippen LogP contribution in [0.4, 0.5) is 5.69 Å². The van der Waals surface area contributed by atoms with Crippen LogP contribution in [0.3, 0.4) is 0 Å². The standard InChI is InChI=1S/C20H23ClN2O3S/c1-16-5-9-18(10-6-16)23(15-20(24)22-13-3-2-4-14-22)27(25,26)19-11-7-17(21)8-12-19/h5-12H,2-4,13-15H2,1H3. The van der Waals surface area contributed by atoms with Crippen LogP contribution in [0, 0.1) is 6.92 Å². The SMILES string of the molecule is Cc1ccc(N(CC(=O)N2CCCCC2)S(=O)(=O)c2ccc(Cl)cc2)cc1. The Kier molecular flexibility index (Phi) is 6.07. The number of aryl methyl sites for hydroxylation is 1. The van der Waals surface area contributed by atoms with Gasteiger partial charge in [0.1, 0.15) is 6.54 Å². The van der Waals surface area contributed by atoms with E-state index in [9.17, 15) is 13.2 Å². The highest BCUT2D eigenvalue weighted by atomic mass is 35.5. The van der Waals surface area contributed by atoms with Crippen LogP contribution in [0.1, 0.15) is 24.8 Å². The van der Waals surface area contributed by atoms with Crippen LogP contribution in [-0.4, -0.2) is 38.9 Å². The van der Waals surface area contributed by atoms with Gasteiger partial charge in [0, 0.05) is 18.1 Å². The van der Waals surface area contributed by atoms with Gasteiger partial charge >= 0.3 is 0 Å². The number of likely N-dealkylation sites (tertiary alicyclic amines) is 1. The highest BCUT2D eigenvalue weighted by molar-refractivity contribution is 7.92. The Morgan fingerprint density at radius 2 is 1.59 bits per heavy atom. The molecule has 0 spiro atoms. The van der Waals surface area contributed by atoms with Gasteiger partial charge in [0.2, 0.25) is 5.91 Å². The Bertz CT molecular complexity index is 890. The van der Waals surface area contributed by atoms with Crippen LogP contribution >= 0.6 is 11.6 Å². The zero-order valence-corrected chi connectivity index (χ0v) is 16.8. The Labute approximate surface area is 165 Å². The summed E-state index contributed by atoms with van der Waals surface area (Å²) in [7, 11) is -3.89. The molecule has 1 aliphatic rings. The number of amides is 1. The molecule has 0 N–H and O–H groups in total. The monoisotopic (exact) mass is 406 g/mol. The molecule has 5 nitrogen and oxygen atoms in total. The minimum Gasteiger partial charge on any atom is -0.341 e. The highest BCUT2D eigenvalue weighted by Crippen LogP contribution is 2.25. The molecule has 3 rings (SSSR count). The summed E-state index contributed by atoms with van der Waals surface area (Å²) in [5.74, 6) is -0.173. The third kappa shape index (κ3) is 4.62. The van der Waals surface area contributed by atoms with Crippen molar-refractivity contribution < 1.29 is 13.2 Å². The van der Waals surface area contributed by atoms with Crippen molar-refractivity contribution >= 4 is 33.2 Å². The van der Waals surface area contributed by atoms with Gasteiger partial charge in [0.15, 0.2) is 0 Å². The molecule has 144 valence electrons. The fraction of sp³-hybridized carbons (Fsp3) is 0.350. The lowest BCUT2D eigenvalue weighted by molar-refractivity contribution is -0.130. The Balaban J connectivity index is 1.95. The van der Waals surface area contributed by atoms with Gasteiger partial charge in [-0.05, 0) is 62.6 Å². The number of carbonyl (C=O) groups is 1. The predicted molar refractivity (Wildman–Crippen MR) is 108 cm³/mol. The number of hydrogen-bond donors (Lipinski definition) is 0. The molecule has 0 bridgehead atoms. The quantitative estimate of drug-likeness (QED) is 0.757. The lowest BCUT2D eigenvalue weighted by Gasteiger charge is -2.30. The molecule has 0 aromatic heterocycles. The first kappa shape index (κ1) is 19.7. The van der Waals surface area contributed by atoms with Crippen molar-refractivity contribution in [3.05, 3.63) is 59.1 Å². The number of benzene rings is 2. The summed E-state index contributed by atoms with van der Waals surface area (Å²) in [6, 6.07) is 13.1. The Morgan fingerprint density at radius 3 is 2.19 bits per heavy atom. The number of halogens is 1. The van der Waals surface area contributed by atoms with Crippen molar-refractivity contribution in [3.63, 3.8) is 0 Å². The molecule has 0 radical (unpaired) electrons. The van der Waals surface area contributed by atoms with Crippen LogP contribution in [0.2, 0.25) is 5.02 Å². The number of piperidine rings is 1. The van der Waals surface area contributed by atoms with Gasteiger partial charge in [0.25, 0.3) is 10.0 Å². The first-order valence-corrected chi connectivity index (χ1v) is 10.8. The zero-order chi connectivity index (χ0) is 19.4. The third-order valence-corrected chi connectivity index (χ3v) is 6.75. The van der Waals surface area contributed by atoms with Crippen LogP contribution < -0.4 is 4.31 Å². The minimum absolute atomic E-state index is 0.110. The van der Waals surface area contributed by atoms with Crippen LogP contribution in [0.15, 0.2) is 53.4 Å². The normalized spacial score (nSPS) is 14.8. The first-order valence-electron chi connectivity index (χ1n) is 9.01. The molecule has 0 unspecified atom stereocenters. The van der Waals surface area contributed by atoms with Crippen molar-refractivity contribution in [1.29, 1.82) is 0 Å². The van der Waals surface area contributed by atoms with Crippen molar-refractivity contribution in [2.45, 2.75) is 31.1 Å². The third-order valence-electron chi connectivity index (χ3n) is 4.71. The van der Waals surface area contributed by atoms with E-state index < -0.39 is 10.0 Å². The number of rotatable bonds is 5. The molecule has 27 heavy (non-hydrogen) atoms. The topological polar surface area (TPSA) is 57.7 Å². The van der Waals surface area contributed by atoms with Crippen LogP contribution in [-0.2, 0) is 14.8 Å². The first-order chi connectivity index (χ1) is 12.9. The summed E-state index contributed by atoms with van der Waals surface area (Å²) in [5.41, 5.74) is 1.49. The molecule has 1 saturated heterocycles. The van der Waals surface area contributed by atoms with E-state index >= 15 is 0 Å². The van der Waals surface area contributed by atoms with Crippen molar-refractivity contribution in [2.75, 3.05) is 23.9 Å². The maximum Gasteiger partial charge on any atom is 0.264 e. The fourth-order valence-electron chi connectivity index (χ4n) is 3.13. The second-order valence-corrected chi connectivity index (χ2v) is 9.04. The molecule has 1 fully saturated rings. The summed E-state index contributed by atoms with van der Waals surface area (Å²) < 4.78 is 27.7. The lowest BCUT2D eigenvalue weighted by Crippen LogP contribution is -2.44. The van der Waals surface area contributed by atoms with E-state index in [2.05, 4.69) is 0 Å². The molecular weight excluding hydrogens is 384 g/mol. The largest absolute Gasteiger partial charge is 0.341 e. The van der Waals surface area contributed by atoms with E-state index in [-0.39, 0.29) is 17.3 Å². The van der Waals surface area contributed by atoms with Crippen LogP contribution in [0.25, 0.3) is 0 Å². The van der Waals surface area contributed by atoms with E-state index in [0.717, 1.165) is 24.8 Å². The molecule has 0 aliphatic carbocycles.